The van der Waals surface area contributed by atoms with Crippen molar-refractivity contribution in [3.05, 3.63) is 10.1 Å². The number of rotatable bonds is 1. The molecule has 4 aliphatic carbocycles. The van der Waals surface area contributed by atoms with Gasteiger partial charge in [0.1, 0.15) is 0 Å². The highest BCUT2D eigenvalue weighted by molar-refractivity contribution is 5.85. The van der Waals surface area contributed by atoms with Gasteiger partial charge in [-0.3, -0.25) is 10.1 Å². The lowest BCUT2D eigenvalue weighted by Gasteiger charge is -2.64. The van der Waals surface area contributed by atoms with Gasteiger partial charge in [-0.2, -0.15) is 0 Å². The predicted octanol–water partition coefficient (Wildman–Crippen LogP) is 2.52. The van der Waals surface area contributed by atoms with Crippen molar-refractivity contribution in [1.29, 1.82) is 0 Å². The van der Waals surface area contributed by atoms with Gasteiger partial charge in [0.2, 0.25) is 5.54 Å². The van der Waals surface area contributed by atoms with E-state index < -0.39 is 5.54 Å². The fraction of sp³-hybridized carbons (Fsp3) is 1.00. The van der Waals surface area contributed by atoms with Crippen molar-refractivity contribution in [1.82, 2.24) is 0 Å². The summed E-state index contributed by atoms with van der Waals surface area (Å²) >= 11 is 0. The van der Waals surface area contributed by atoms with Crippen LogP contribution in [0.1, 0.15) is 52.4 Å². The Hall–Kier alpha value is -0.350. The van der Waals surface area contributed by atoms with E-state index in [2.05, 4.69) is 13.8 Å². The van der Waals surface area contributed by atoms with Crippen LogP contribution >= 0.6 is 12.4 Å². The van der Waals surface area contributed by atoms with E-state index in [0.717, 1.165) is 32.1 Å². The van der Waals surface area contributed by atoms with Crippen LogP contribution in [0, 0.1) is 20.9 Å². The number of nitro groups is 1. The van der Waals surface area contributed by atoms with Crippen LogP contribution in [0.2, 0.25) is 0 Å². The Morgan fingerprint density at radius 3 is 1.82 bits per heavy atom. The normalized spacial score (nSPS) is 55.5. The SMILES string of the molecule is CC12CC3(C)CC(N)(C1)CC([N+](=O)[O-])(C2)C3.Cl. The van der Waals surface area contributed by atoms with Crippen LogP contribution in [0.4, 0.5) is 0 Å². The molecule has 0 radical (unpaired) electrons. The molecule has 0 aromatic heterocycles. The van der Waals surface area contributed by atoms with Crippen molar-refractivity contribution in [2.45, 2.75) is 63.5 Å². The van der Waals surface area contributed by atoms with Gasteiger partial charge in [0.15, 0.2) is 0 Å². The van der Waals surface area contributed by atoms with Gasteiger partial charge in [0, 0.05) is 29.7 Å². The number of nitrogens with zero attached hydrogens (tertiary/aromatic N) is 1. The van der Waals surface area contributed by atoms with Crippen molar-refractivity contribution in [2.75, 3.05) is 0 Å². The maximum Gasteiger partial charge on any atom is 0.225 e. The molecule has 4 fully saturated rings. The van der Waals surface area contributed by atoms with Crippen LogP contribution in [0.25, 0.3) is 0 Å². The summed E-state index contributed by atoms with van der Waals surface area (Å²) in [6, 6.07) is 0. The van der Waals surface area contributed by atoms with Crippen LogP contribution in [0.3, 0.4) is 0 Å². The molecule has 0 amide bonds. The minimum Gasteiger partial charge on any atom is -0.325 e. The first kappa shape index (κ1) is 13.1. The molecule has 5 heteroatoms. The zero-order valence-electron chi connectivity index (χ0n) is 10.5. The third-order valence-electron chi connectivity index (χ3n) is 4.99. The van der Waals surface area contributed by atoms with Gasteiger partial charge < -0.3 is 5.73 Å². The Morgan fingerprint density at radius 1 is 1.00 bits per heavy atom. The van der Waals surface area contributed by atoms with Crippen LogP contribution in [0.15, 0.2) is 0 Å². The molecule has 4 nitrogen and oxygen atoms in total. The highest BCUT2D eigenvalue weighted by atomic mass is 35.5. The topological polar surface area (TPSA) is 69.2 Å². The molecule has 0 saturated heterocycles. The van der Waals surface area contributed by atoms with E-state index in [4.69, 9.17) is 5.73 Å². The molecular formula is C12H21ClN2O2. The number of hydrogen-bond donors (Lipinski definition) is 1. The van der Waals surface area contributed by atoms with Gasteiger partial charge in [0.25, 0.3) is 0 Å². The summed E-state index contributed by atoms with van der Waals surface area (Å²) in [6.07, 6.45) is 5.14. The first-order chi connectivity index (χ1) is 7.19. The standard InChI is InChI=1S/C12H20N2O2.ClH/c1-9-3-10(2)5-11(13,4-9)8-12(6-9,7-10)14(15)16;/h3-8,13H2,1-2H3;1H. The largest absolute Gasteiger partial charge is 0.325 e. The summed E-state index contributed by atoms with van der Waals surface area (Å²) in [5.41, 5.74) is 5.63. The van der Waals surface area contributed by atoms with Crippen molar-refractivity contribution >= 4 is 12.4 Å². The molecule has 4 saturated carbocycles. The summed E-state index contributed by atoms with van der Waals surface area (Å²) in [7, 11) is 0. The number of hydrogen-bond acceptors (Lipinski definition) is 3. The molecule has 0 spiro atoms. The van der Waals surface area contributed by atoms with Gasteiger partial charge in [-0.1, -0.05) is 13.8 Å². The summed E-state index contributed by atoms with van der Waals surface area (Å²) < 4.78 is 0. The van der Waals surface area contributed by atoms with E-state index in [0.29, 0.717) is 6.42 Å². The van der Waals surface area contributed by atoms with Crippen LogP contribution in [-0.2, 0) is 0 Å². The minimum absolute atomic E-state index is 0. The van der Waals surface area contributed by atoms with Gasteiger partial charge >= 0.3 is 0 Å². The van der Waals surface area contributed by atoms with Crippen LogP contribution in [-0.4, -0.2) is 16.0 Å². The fourth-order valence-electron chi connectivity index (χ4n) is 5.92. The van der Waals surface area contributed by atoms with E-state index >= 15 is 0 Å². The Kier molecular flexibility index (Phi) is 2.43. The molecule has 0 aromatic rings. The monoisotopic (exact) mass is 260 g/mol. The number of halogens is 1. The fourth-order valence-corrected chi connectivity index (χ4v) is 5.92. The van der Waals surface area contributed by atoms with E-state index in [1.54, 1.807) is 0 Å². The van der Waals surface area contributed by atoms with Crippen molar-refractivity contribution in [3.63, 3.8) is 0 Å². The molecule has 0 heterocycles. The minimum atomic E-state index is -0.715. The summed E-state index contributed by atoms with van der Waals surface area (Å²) in [6.45, 7) is 4.39. The summed E-state index contributed by atoms with van der Waals surface area (Å²) in [4.78, 5) is 11.4. The zero-order chi connectivity index (χ0) is 11.8. The highest BCUT2D eigenvalue weighted by Gasteiger charge is 2.69. The van der Waals surface area contributed by atoms with Gasteiger partial charge in [-0.15, -0.1) is 12.4 Å². The van der Waals surface area contributed by atoms with E-state index in [1.807, 2.05) is 0 Å². The molecule has 4 rings (SSSR count). The van der Waals surface area contributed by atoms with E-state index in [1.165, 1.54) is 0 Å². The third kappa shape index (κ3) is 1.68. The molecule has 2 atom stereocenters. The Bertz CT molecular complexity index is 331. The second kappa shape index (κ2) is 3.15. The maximum atomic E-state index is 11.4. The zero-order valence-corrected chi connectivity index (χ0v) is 11.3. The van der Waals surface area contributed by atoms with E-state index in [-0.39, 0.29) is 33.7 Å². The first-order valence-electron chi connectivity index (χ1n) is 6.12. The molecule has 2 unspecified atom stereocenters. The molecule has 0 aromatic carbocycles. The third-order valence-corrected chi connectivity index (χ3v) is 4.99. The average Bonchev–Trinajstić information content (AvgIpc) is 1.92. The highest BCUT2D eigenvalue weighted by Crippen LogP contribution is 2.67. The molecular weight excluding hydrogens is 240 g/mol. The lowest BCUT2D eigenvalue weighted by Crippen LogP contribution is -2.70. The first-order valence-corrected chi connectivity index (χ1v) is 6.12. The second-order valence-electron chi connectivity index (χ2n) is 7.53. The quantitative estimate of drug-likeness (QED) is 0.582. The van der Waals surface area contributed by atoms with Crippen molar-refractivity contribution in [3.8, 4) is 0 Å². The van der Waals surface area contributed by atoms with Crippen LogP contribution < -0.4 is 5.73 Å². The average molecular weight is 261 g/mol. The molecule has 4 bridgehead atoms. The lowest BCUT2D eigenvalue weighted by molar-refractivity contribution is -0.595. The van der Waals surface area contributed by atoms with E-state index in [9.17, 15) is 10.1 Å². The molecule has 0 aliphatic heterocycles. The Labute approximate surface area is 108 Å². The Balaban J connectivity index is 0.00000108. The second-order valence-corrected chi connectivity index (χ2v) is 7.53. The van der Waals surface area contributed by atoms with Gasteiger partial charge in [-0.05, 0) is 30.1 Å². The molecule has 2 N–H and O–H groups in total. The smallest absolute Gasteiger partial charge is 0.225 e. The van der Waals surface area contributed by atoms with Crippen LogP contribution in [0.5, 0.6) is 0 Å². The summed E-state index contributed by atoms with van der Waals surface area (Å²) in [5, 5.41) is 11.4. The van der Waals surface area contributed by atoms with Gasteiger partial charge in [-0.25, -0.2) is 0 Å². The predicted molar refractivity (Wildman–Crippen MR) is 67.8 cm³/mol. The summed E-state index contributed by atoms with van der Waals surface area (Å²) in [5.74, 6) is 0. The molecule has 98 valence electrons. The van der Waals surface area contributed by atoms with Crippen molar-refractivity contribution in [2.24, 2.45) is 16.6 Å². The number of nitrogens with two attached hydrogens (primary N) is 1. The lowest BCUT2D eigenvalue weighted by atomic mass is 9.41. The maximum absolute atomic E-state index is 11.4. The molecule has 4 aliphatic rings. The Morgan fingerprint density at radius 2 is 1.47 bits per heavy atom. The van der Waals surface area contributed by atoms with Gasteiger partial charge in [0.05, 0.1) is 0 Å². The van der Waals surface area contributed by atoms with Crippen molar-refractivity contribution < 1.29 is 4.92 Å². The molecule has 17 heavy (non-hydrogen) atoms.